The van der Waals surface area contributed by atoms with Crippen molar-refractivity contribution in [3.8, 4) is 22.9 Å². The molecule has 0 aliphatic carbocycles. The summed E-state index contributed by atoms with van der Waals surface area (Å²) in [5.74, 6) is 1.97. The molecule has 1 atom stereocenters. The molecule has 158 valence electrons. The van der Waals surface area contributed by atoms with Crippen LogP contribution in [0.5, 0.6) is 11.5 Å². The topological polar surface area (TPSA) is 77.7 Å². The summed E-state index contributed by atoms with van der Waals surface area (Å²) < 4.78 is 16.4. The second kappa shape index (κ2) is 9.63. The van der Waals surface area contributed by atoms with Crippen LogP contribution in [0.4, 0.5) is 0 Å². The number of halogens is 1. The fourth-order valence-corrected chi connectivity index (χ4v) is 2.98. The average Bonchev–Trinajstić information content (AvgIpc) is 3.22. The van der Waals surface area contributed by atoms with Gasteiger partial charge < -0.3 is 18.9 Å². The quantitative estimate of drug-likeness (QED) is 0.523. The van der Waals surface area contributed by atoms with E-state index in [1.165, 1.54) is 4.90 Å². The highest BCUT2D eigenvalue weighted by molar-refractivity contribution is 6.31. The van der Waals surface area contributed by atoms with E-state index in [0.29, 0.717) is 28.9 Å². The van der Waals surface area contributed by atoms with Crippen LogP contribution >= 0.6 is 11.6 Å². The van der Waals surface area contributed by atoms with Gasteiger partial charge >= 0.3 is 0 Å². The predicted octanol–water partition coefficient (Wildman–Crippen LogP) is 4.52. The van der Waals surface area contributed by atoms with Gasteiger partial charge in [-0.15, -0.1) is 0 Å². The van der Waals surface area contributed by atoms with E-state index in [1.54, 1.807) is 26.3 Å². The molecule has 0 aliphatic rings. The lowest BCUT2D eigenvalue weighted by molar-refractivity contribution is -0.138. The van der Waals surface area contributed by atoms with Crippen molar-refractivity contribution in [1.29, 1.82) is 0 Å². The molecule has 0 saturated heterocycles. The maximum atomic E-state index is 12.9. The molecule has 0 aliphatic heterocycles. The number of aromatic nitrogens is 2. The van der Waals surface area contributed by atoms with Crippen LogP contribution in [0.2, 0.25) is 5.02 Å². The van der Waals surface area contributed by atoms with Crippen molar-refractivity contribution in [3.05, 3.63) is 58.9 Å². The molecule has 8 heteroatoms. The summed E-state index contributed by atoms with van der Waals surface area (Å²) >= 11 is 6.06. The fourth-order valence-electron chi connectivity index (χ4n) is 2.87. The molecule has 0 radical (unpaired) electrons. The largest absolute Gasteiger partial charge is 0.497 e. The minimum atomic E-state index is -0.625. The van der Waals surface area contributed by atoms with Crippen LogP contribution in [0.15, 0.2) is 47.0 Å². The van der Waals surface area contributed by atoms with Gasteiger partial charge in [-0.1, -0.05) is 23.7 Å². The Balaban J connectivity index is 1.65. The zero-order valence-electron chi connectivity index (χ0n) is 17.4. The Labute approximate surface area is 180 Å². The fraction of sp³-hybridized carbons (Fsp3) is 0.318. The molecule has 0 bridgehead atoms. The van der Waals surface area contributed by atoms with Gasteiger partial charge in [0.15, 0.2) is 6.10 Å². The molecule has 1 amide bonds. The Morgan fingerprint density at radius 2 is 1.90 bits per heavy atom. The van der Waals surface area contributed by atoms with Gasteiger partial charge in [0.05, 0.1) is 13.7 Å². The van der Waals surface area contributed by atoms with E-state index in [-0.39, 0.29) is 12.5 Å². The summed E-state index contributed by atoms with van der Waals surface area (Å²) in [5.41, 5.74) is 1.69. The molecule has 2 aromatic carbocycles. The van der Waals surface area contributed by atoms with E-state index in [4.69, 9.17) is 25.6 Å². The standard InChI is InChI=1S/C22H24ClN3O4/c1-5-19(29-17-10-11-18(23)14(2)12-17)22(27)26(3)13-20-24-21(25-30-20)15-6-8-16(28-4)9-7-15/h6-12,19H,5,13H2,1-4H3/t19-/m0/s1. The summed E-state index contributed by atoms with van der Waals surface area (Å²) in [7, 11) is 3.29. The SMILES string of the molecule is CC[C@H](Oc1ccc(Cl)c(C)c1)C(=O)N(C)Cc1nc(-c2ccc(OC)cc2)no1. The van der Waals surface area contributed by atoms with Crippen LogP contribution in [0.3, 0.4) is 0 Å². The first kappa shape index (κ1) is 21.6. The van der Waals surface area contributed by atoms with Crippen molar-refractivity contribution in [3.63, 3.8) is 0 Å². The Morgan fingerprint density at radius 3 is 2.53 bits per heavy atom. The molecule has 1 heterocycles. The van der Waals surface area contributed by atoms with Crippen molar-refractivity contribution in [2.45, 2.75) is 32.9 Å². The Hall–Kier alpha value is -3.06. The molecule has 3 rings (SSSR count). The number of methoxy groups -OCH3 is 1. The van der Waals surface area contributed by atoms with Gasteiger partial charge in [-0.2, -0.15) is 4.98 Å². The van der Waals surface area contributed by atoms with Crippen molar-refractivity contribution in [2.24, 2.45) is 0 Å². The second-order valence-electron chi connectivity index (χ2n) is 6.86. The lowest BCUT2D eigenvalue weighted by Gasteiger charge is -2.23. The summed E-state index contributed by atoms with van der Waals surface area (Å²) in [4.78, 5) is 18.8. The van der Waals surface area contributed by atoms with Crippen LogP contribution in [0.25, 0.3) is 11.4 Å². The normalized spacial score (nSPS) is 11.8. The van der Waals surface area contributed by atoms with Gasteiger partial charge in [0.2, 0.25) is 11.7 Å². The second-order valence-corrected chi connectivity index (χ2v) is 7.27. The van der Waals surface area contributed by atoms with Crippen LogP contribution in [-0.4, -0.2) is 41.2 Å². The third kappa shape index (κ3) is 5.10. The van der Waals surface area contributed by atoms with E-state index in [2.05, 4.69) is 10.1 Å². The lowest BCUT2D eigenvalue weighted by atomic mass is 10.2. The van der Waals surface area contributed by atoms with Gasteiger partial charge in [0, 0.05) is 17.6 Å². The van der Waals surface area contributed by atoms with Crippen molar-refractivity contribution >= 4 is 17.5 Å². The van der Waals surface area contributed by atoms with E-state index in [0.717, 1.165) is 16.9 Å². The van der Waals surface area contributed by atoms with Crippen LogP contribution in [0, 0.1) is 6.92 Å². The molecule has 0 saturated carbocycles. The molecule has 0 fully saturated rings. The Kier molecular flexibility index (Phi) is 6.95. The van der Waals surface area contributed by atoms with Crippen molar-refractivity contribution in [1.82, 2.24) is 15.0 Å². The smallest absolute Gasteiger partial charge is 0.263 e. The number of nitrogens with zero attached hydrogens (tertiary/aromatic N) is 3. The molecular formula is C22H24ClN3O4. The first-order valence-corrected chi connectivity index (χ1v) is 9.93. The van der Waals surface area contributed by atoms with Gasteiger partial charge in [-0.25, -0.2) is 0 Å². The number of benzene rings is 2. The molecule has 0 spiro atoms. The molecule has 3 aromatic rings. The van der Waals surface area contributed by atoms with Crippen LogP contribution in [0.1, 0.15) is 24.8 Å². The summed E-state index contributed by atoms with van der Waals surface area (Å²) in [6.45, 7) is 3.97. The number of hydrogen-bond donors (Lipinski definition) is 0. The van der Waals surface area contributed by atoms with Crippen LogP contribution in [-0.2, 0) is 11.3 Å². The zero-order valence-corrected chi connectivity index (χ0v) is 18.1. The number of rotatable bonds is 8. The Bertz CT molecular complexity index is 1000. The number of aryl methyl sites for hydroxylation is 1. The van der Waals surface area contributed by atoms with Gasteiger partial charge in [0.25, 0.3) is 5.91 Å². The predicted molar refractivity (Wildman–Crippen MR) is 114 cm³/mol. The highest BCUT2D eigenvalue weighted by Crippen LogP contribution is 2.23. The lowest BCUT2D eigenvalue weighted by Crippen LogP contribution is -2.39. The monoisotopic (exact) mass is 429 g/mol. The maximum absolute atomic E-state index is 12.9. The molecular weight excluding hydrogens is 406 g/mol. The summed E-state index contributed by atoms with van der Waals surface area (Å²) in [5, 5.41) is 4.65. The Morgan fingerprint density at radius 1 is 1.20 bits per heavy atom. The van der Waals surface area contributed by atoms with Gasteiger partial charge in [0.1, 0.15) is 11.5 Å². The minimum Gasteiger partial charge on any atom is -0.497 e. The number of likely N-dealkylation sites (N-methyl/N-ethyl adjacent to an activating group) is 1. The number of carbonyl (C=O) groups is 1. The van der Waals surface area contributed by atoms with Crippen LogP contribution < -0.4 is 9.47 Å². The van der Waals surface area contributed by atoms with Gasteiger partial charge in [-0.3, -0.25) is 4.79 Å². The third-order valence-corrected chi connectivity index (χ3v) is 5.04. The minimum absolute atomic E-state index is 0.172. The summed E-state index contributed by atoms with van der Waals surface area (Å²) in [6, 6.07) is 12.7. The number of amides is 1. The molecule has 30 heavy (non-hydrogen) atoms. The molecule has 1 aromatic heterocycles. The summed E-state index contributed by atoms with van der Waals surface area (Å²) in [6.07, 6.45) is -0.106. The first-order valence-electron chi connectivity index (χ1n) is 9.56. The third-order valence-electron chi connectivity index (χ3n) is 4.62. The van der Waals surface area contributed by atoms with Crippen molar-refractivity contribution in [2.75, 3.05) is 14.2 Å². The highest BCUT2D eigenvalue weighted by Gasteiger charge is 2.24. The molecule has 0 unspecified atom stereocenters. The highest BCUT2D eigenvalue weighted by atomic mass is 35.5. The van der Waals surface area contributed by atoms with E-state index < -0.39 is 6.10 Å². The maximum Gasteiger partial charge on any atom is 0.263 e. The number of carbonyl (C=O) groups excluding carboxylic acids is 1. The van der Waals surface area contributed by atoms with E-state index in [1.807, 2.05) is 44.2 Å². The van der Waals surface area contributed by atoms with Crippen molar-refractivity contribution < 1.29 is 18.8 Å². The van der Waals surface area contributed by atoms with Gasteiger partial charge in [-0.05, 0) is 61.4 Å². The molecule has 7 nitrogen and oxygen atoms in total. The molecule has 0 N–H and O–H groups in total. The zero-order chi connectivity index (χ0) is 21.7. The number of hydrogen-bond acceptors (Lipinski definition) is 6. The number of ether oxygens (including phenoxy) is 2. The van der Waals surface area contributed by atoms with E-state index >= 15 is 0 Å². The van der Waals surface area contributed by atoms with E-state index in [9.17, 15) is 4.79 Å². The first-order chi connectivity index (χ1) is 14.4. The average molecular weight is 430 g/mol.